The van der Waals surface area contributed by atoms with Crippen LogP contribution in [0.3, 0.4) is 0 Å². The van der Waals surface area contributed by atoms with Gasteiger partial charge >= 0.3 is 5.69 Å². The molecule has 9 nitrogen and oxygen atoms in total. The smallest absolute Gasteiger partial charge is 0.325 e. The zero-order chi connectivity index (χ0) is 27.5. The SMILES string of the molecule is CC(NC(=O)c1cc(C#N)cnc1NCc1ccc(-c2cnc3[nH]c(=O)[nH]c3c2)c(F)c1)c1ccc(F)cc1. The number of hydrogen-bond acceptors (Lipinski definition) is 6. The molecule has 1 unspecified atom stereocenters. The molecule has 5 aromatic rings. The maximum atomic E-state index is 15.0. The van der Waals surface area contributed by atoms with Crippen molar-refractivity contribution >= 4 is 22.9 Å². The minimum Gasteiger partial charge on any atom is -0.365 e. The van der Waals surface area contributed by atoms with Crippen molar-refractivity contribution in [2.45, 2.75) is 19.5 Å². The third kappa shape index (κ3) is 5.50. The van der Waals surface area contributed by atoms with Gasteiger partial charge in [0.25, 0.3) is 5.91 Å². The highest BCUT2D eigenvalue weighted by Gasteiger charge is 2.18. The quantitative estimate of drug-likeness (QED) is 0.246. The number of benzene rings is 2. The number of hydrogen-bond donors (Lipinski definition) is 4. The lowest BCUT2D eigenvalue weighted by atomic mass is 10.0. The molecule has 0 fully saturated rings. The molecule has 0 radical (unpaired) electrons. The second kappa shape index (κ2) is 10.5. The number of anilines is 1. The van der Waals surface area contributed by atoms with E-state index < -0.39 is 23.5 Å². The van der Waals surface area contributed by atoms with Crippen molar-refractivity contribution < 1.29 is 13.6 Å². The molecular weight excluding hydrogens is 504 g/mol. The summed E-state index contributed by atoms with van der Waals surface area (Å²) in [4.78, 5) is 38.1. The molecule has 5 rings (SSSR count). The van der Waals surface area contributed by atoms with Crippen LogP contribution < -0.4 is 16.3 Å². The number of rotatable bonds is 7. The van der Waals surface area contributed by atoms with Crippen LogP contribution in [0.4, 0.5) is 14.6 Å². The monoisotopic (exact) mass is 525 g/mol. The summed E-state index contributed by atoms with van der Waals surface area (Å²) in [5, 5.41) is 15.2. The van der Waals surface area contributed by atoms with E-state index in [4.69, 9.17) is 0 Å². The number of H-pyrrole nitrogens is 2. The molecule has 0 aliphatic heterocycles. The van der Waals surface area contributed by atoms with Crippen LogP contribution in [-0.4, -0.2) is 25.8 Å². The van der Waals surface area contributed by atoms with Gasteiger partial charge in [0.2, 0.25) is 0 Å². The third-order valence-corrected chi connectivity index (χ3v) is 6.15. The molecule has 2 aromatic carbocycles. The molecule has 1 atom stereocenters. The predicted molar refractivity (Wildman–Crippen MR) is 141 cm³/mol. The maximum Gasteiger partial charge on any atom is 0.325 e. The van der Waals surface area contributed by atoms with Crippen molar-refractivity contribution in [3.8, 4) is 17.2 Å². The van der Waals surface area contributed by atoms with Crippen molar-refractivity contribution in [3.05, 3.63) is 111 Å². The first-order valence-corrected chi connectivity index (χ1v) is 11.9. The first-order chi connectivity index (χ1) is 18.8. The van der Waals surface area contributed by atoms with Gasteiger partial charge in [0.05, 0.1) is 22.7 Å². The van der Waals surface area contributed by atoms with E-state index in [2.05, 4.69) is 30.6 Å². The highest BCUT2D eigenvalue weighted by atomic mass is 19.1. The fraction of sp³-hybridized carbons (Fsp3) is 0.107. The van der Waals surface area contributed by atoms with Crippen molar-refractivity contribution in [1.29, 1.82) is 5.26 Å². The van der Waals surface area contributed by atoms with Gasteiger partial charge in [0.15, 0.2) is 5.65 Å². The summed E-state index contributed by atoms with van der Waals surface area (Å²) in [5.41, 5.74) is 2.88. The van der Waals surface area contributed by atoms with E-state index >= 15 is 4.39 Å². The van der Waals surface area contributed by atoms with Gasteiger partial charge in [-0.15, -0.1) is 0 Å². The summed E-state index contributed by atoms with van der Waals surface area (Å²) in [6.07, 6.45) is 2.81. The molecule has 0 saturated heterocycles. The van der Waals surface area contributed by atoms with E-state index in [1.165, 1.54) is 36.7 Å². The van der Waals surface area contributed by atoms with Crippen LogP contribution in [0.5, 0.6) is 0 Å². The van der Waals surface area contributed by atoms with Crippen LogP contribution in [0, 0.1) is 23.0 Å². The zero-order valence-electron chi connectivity index (χ0n) is 20.5. The molecule has 0 bridgehead atoms. The van der Waals surface area contributed by atoms with Crippen molar-refractivity contribution in [2.75, 3.05) is 5.32 Å². The average molecular weight is 526 g/mol. The van der Waals surface area contributed by atoms with E-state index in [9.17, 15) is 19.2 Å². The molecule has 0 aliphatic carbocycles. The van der Waals surface area contributed by atoms with Crippen LogP contribution in [-0.2, 0) is 6.54 Å². The Morgan fingerprint density at radius 2 is 1.85 bits per heavy atom. The number of imidazole rings is 1. The average Bonchev–Trinajstić information content (AvgIpc) is 3.31. The Balaban J connectivity index is 1.33. The Morgan fingerprint density at radius 3 is 2.59 bits per heavy atom. The number of pyridine rings is 2. The summed E-state index contributed by atoms with van der Waals surface area (Å²) in [6, 6.07) is 15.0. The van der Waals surface area contributed by atoms with Crippen LogP contribution >= 0.6 is 0 Å². The summed E-state index contributed by atoms with van der Waals surface area (Å²) in [6.45, 7) is 1.90. The lowest BCUT2D eigenvalue weighted by Gasteiger charge is -2.17. The Labute approximate surface area is 220 Å². The molecule has 0 saturated carbocycles. The van der Waals surface area contributed by atoms with E-state index in [0.717, 1.165) is 0 Å². The normalized spacial score (nSPS) is 11.6. The van der Waals surface area contributed by atoms with Crippen molar-refractivity contribution in [3.63, 3.8) is 0 Å². The number of amides is 1. The van der Waals surface area contributed by atoms with E-state index in [-0.39, 0.29) is 29.3 Å². The number of nitriles is 1. The second-order valence-corrected chi connectivity index (χ2v) is 8.85. The topological polar surface area (TPSA) is 139 Å². The summed E-state index contributed by atoms with van der Waals surface area (Å²) >= 11 is 0. The Kier molecular flexibility index (Phi) is 6.84. The first kappa shape index (κ1) is 25.3. The highest BCUT2D eigenvalue weighted by molar-refractivity contribution is 5.99. The fourth-order valence-corrected chi connectivity index (χ4v) is 4.11. The minimum absolute atomic E-state index is 0.139. The molecule has 0 aliphatic rings. The molecule has 194 valence electrons. The molecule has 3 heterocycles. The van der Waals surface area contributed by atoms with Crippen LogP contribution in [0.15, 0.2) is 71.8 Å². The molecule has 39 heavy (non-hydrogen) atoms. The van der Waals surface area contributed by atoms with Crippen molar-refractivity contribution in [2.24, 2.45) is 0 Å². The standard InChI is InChI=1S/C28H21F2N7O2/c1-15(18-3-5-20(29)6-4-18)35-27(38)22-8-17(11-31)13-33-25(22)32-12-16-2-7-21(23(30)9-16)19-10-24-26(34-14-19)37-28(39)36-24/h2-10,13-15H,12H2,1H3,(H,32,33)(H,35,38)(H2,34,36,37,39). The van der Waals surface area contributed by atoms with Crippen LogP contribution in [0.25, 0.3) is 22.3 Å². The molecule has 0 spiro atoms. The maximum absolute atomic E-state index is 15.0. The van der Waals surface area contributed by atoms with Gasteiger partial charge in [-0.2, -0.15) is 5.26 Å². The lowest BCUT2D eigenvalue weighted by molar-refractivity contribution is 0.0940. The number of aromatic amines is 2. The third-order valence-electron chi connectivity index (χ3n) is 6.15. The Bertz CT molecular complexity index is 1790. The fourth-order valence-electron chi connectivity index (χ4n) is 4.11. The summed E-state index contributed by atoms with van der Waals surface area (Å²) in [7, 11) is 0. The van der Waals surface area contributed by atoms with Crippen molar-refractivity contribution in [1.82, 2.24) is 25.3 Å². The van der Waals surface area contributed by atoms with Gasteiger partial charge in [-0.1, -0.05) is 24.3 Å². The number of fused-ring (bicyclic) bond motifs is 1. The van der Waals surface area contributed by atoms with E-state index in [0.29, 0.717) is 33.4 Å². The van der Waals surface area contributed by atoms with Gasteiger partial charge in [-0.25, -0.2) is 23.5 Å². The van der Waals surface area contributed by atoms with Gasteiger partial charge in [-0.3, -0.25) is 9.78 Å². The Hall–Kier alpha value is -5.37. The number of halogens is 2. The van der Waals surface area contributed by atoms with Gasteiger partial charge in [0.1, 0.15) is 23.5 Å². The number of carbonyl (C=O) groups excluding carboxylic acids is 1. The minimum atomic E-state index is -0.493. The largest absolute Gasteiger partial charge is 0.365 e. The zero-order valence-corrected chi connectivity index (χ0v) is 20.5. The van der Waals surface area contributed by atoms with Gasteiger partial charge in [-0.05, 0) is 48.4 Å². The van der Waals surface area contributed by atoms with Gasteiger partial charge in [0, 0.05) is 30.1 Å². The second-order valence-electron chi connectivity index (χ2n) is 8.85. The van der Waals surface area contributed by atoms with E-state index in [1.54, 1.807) is 37.3 Å². The van der Waals surface area contributed by atoms with Crippen LogP contribution in [0.1, 0.15) is 40.0 Å². The predicted octanol–water partition coefficient (Wildman–Crippen LogP) is 4.57. The molecule has 4 N–H and O–H groups in total. The first-order valence-electron chi connectivity index (χ1n) is 11.9. The Morgan fingerprint density at radius 1 is 1.05 bits per heavy atom. The highest BCUT2D eigenvalue weighted by Crippen LogP contribution is 2.25. The van der Waals surface area contributed by atoms with E-state index in [1.807, 2.05) is 6.07 Å². The molecule has 11 heteroatoms. The van der Waals surface area contributed by atoms with Crippen LogP contribution in [0.2, 0.25) is 0 Å². The molecule has 3 aromatic heterocycles. The summed E-state index contributed by atoms with van der Waals surface area (Å²) < 4.78 is 28.3. The number of nitrogens with one attached hydrogen (secondary N) is 4. The molecule has 1 amide bonds. The van der Waals surface area contributed by atoms with Gasteiger partial charge < -0.3 is 15.6 Å². The number of carbonyl (C=O) groups is 1. The summed E-state index contributed by atoms with van der Waals surface area (Å²) in [5.74, 6) is -1.14. The number of aromatic nitrogens is 4. The molecular formula is C28H21F2N7O2. The number of nitrogens with zero attached hydrogens (tertiary/aromatic N) is 3. The lowest BCUT2D eigenvalue weighted by Crippen LogP contribution is -2.28.